The average molecular weight is 416 g/mol. The van der Waals surface area contributed by atoms with Crippen molar-refractivity contribution in [2.24, 2.45) is 0 Å². The average Bonchev–Trinajstić information content (AvgIpc) is 2.74. The second-order valence-electron chi connectivity index (χ2n) is 6.48. The van der Waals surface area contributed by atoms with Crippen molar-refractivity contribution >= 4 is 29.2 Å². The molecule has 1 saturated heterocycles. The molecule has 1 aromatic carbocycles. The Morgan fingerprint density at radius 3 is 2.55 bits per heavy atom. The summed E-state index contributed by atoms with van der Waals surface area (Å²) >= 11 is 1.39. The van der Waals surface area contributed by atoms with Crippen LogP contribution in [-0.2, 0) is 4.79 Å². The number of likely N-dealkylation sites (N-methyl/N-ethyl adjacent to an activating group) is 1. The molecule has 0 spiro atoms. The number of carbonyl (C=O) groups is 1. The highest BCUT2D eigenvalue weighted by atomic mass is 32.2. The van der Waals surface area contributed by atoms with Crippen LogP contribution in [0.4, 0.5) is 11.5 Å². The van der Waals surface area contributed by atoms with Crippen LogP contribution in [0.3, 0.4) is 0 Å². The Labute approximate surface area is 174 Å². The van der Waals surface area contributed by atoms with Crippen molar-refractivity contribution in [1.29, 1.82) is 0 Å². The first-order valence-electron chi connectivity index (χ1n) is 9.19. The molecule has 0 aliphatic carbocycles. The van der Waals surface area contributed by atoms with Crippen molar-refractivity contribution in [2.75, 3.05) is 57.7 Å². The van der Waals surface area contributed by atoms with E-state index in [1.165, 1.54) is 17.8 Å². The smallest absolute Gasteiger partial charge is 0.258 e. The molecule has 1 fully saturated rings. The number of nitrogens with zero attached hydrogens (tertiary/aromatic N) is 4. The van der Waals surface area contributed by atoms with Crippen molar-refractivity contribution < 1.29 is 14.3 Å². The van der Waals surface area contributed by atoms with Gasteiger partial charge in [-0.15, -0.1) is 0 Å². The van der Waals surface area contributed by atoms with E-state index in [2.05, 4.69) is 38.7 Å². The SMILES string of the molecule is C=CC(=O)Nc1cccc(Sc2nc(OC)c(N3CCN(C)CC3)nc2OC)c1. The molecule has 0 atom stereocenters. The molecule has 1 aliphatic heterocycles. The fourth-order valence-corrected chi connectivity index (χ4v) is 3.79. The van der Waals surface area contributed by atoms with E-state index in [4.69, 9.17) is 9.47 Å². The molecule has 1 N–H and O–H groups in total. The summed E-state index contributed by atoms with van der Waals surface area (Å²) < 4.78 is 11.0. The largest absolute Gasteiger partial charge is 0.479 e. The van der Waals surface area contributed by atoms with Gasteiger partial charge in [0.2, 0.25) is 11.8 Å². The van der Waals surface area contributed by atoms with E-state index in [0.29, 0.717) is 28.3 Å². The van der Waals surface area contributed by atoms with Crippen molar-refractivity contribution in [3.63, 3.8) is 0 Å². The molecule has 0 bridgehead atoms. The Balaban J connectivity index is 1.87. The molecule has 29 heavy (non-hydrogen) atoms. The van der Waals surface area contributed by atoms with Gasteiger partial charge in [-0.1, -0.05) is 24.4 Å². The van der Waals surface area contributed by atoms with Crippen molar-refractivity contribution in [3.8, 4) is 11.8 Å². The van der Waals surface area contributed by atoms with E-state index in [1.807, 2.05) is 24.3 Å². The zero-order chi connectivity index (χ0) is 20.8. The number of amides is 1. The first kappa shape index (κ1) is 20.9. The highest BCUT2D eigenvalue weighted by Gasteiger charge is 2.23. The minimum Gasteiger partial charge on any atom is -0.479 e. The third kappa shape index (κ3) is 5.18. The molecule has 3 rings (SSSR count). The van der Waals surface area contributed by atoms with E-state index in [0.717, 1.165) is 31.1 Å². The third-order valence-electron chi connectivity index (χ3n) is 4.48. The fourth-order valence-electron chi connectivity index (χ4n) is 2.88. The van der Waals surface area contributed by atoms with Gasteiger partial charge in [0.15, 0.2) is 10.8 Å². The van der Waals surface area contributed by atoms with E-state index in [9.17, 15) is 4.79 Å². The quantitative estimate of drug-likeness (QED) is 0.691. The number of methoxy groups -OCH3 is 2. The van der Waals surface area contributed by atoms with Crippen LogP contribution in [0, 0.1) is 0 Å². The molecule has 0 saturated carbocycles. The van der Waals surface area contributed by atoms with E-state index in [-0.39, 0.29) is 5.91 Å². The maximum Gasteiger partial charge on any atom is 0.258 e. The predicted octanol–water partition coefficient (Wildman–Crippen LogP) is 2.52. The maximum absolute atomic E-state index is 11.5. The van der Waals surface area contributed by atoms with Crippen LogP contribution < -0.4 is 19.7 Å². The molecule has 1 aromatic heterocycles. The Morgan fingerprint density at radius 1 is 1.17 bits per heavy atom. The number of hydrogen-bond acceptors (Lipinski definition) is 8. The first-order chi connectivity index (χ1) is 14.0. The van der Waals surface area contributed by atoms with Crippen LogP contribution in [0.15, 0.2) is 46.8 Å². The van der Waals surface area contributed by atoms with Crippen LogP contribution in [0.5, 0.6) is 11.8 Å². The monoisotopic (exact) mass is 415 g/mol. The van der Waals surface area contributed by atoms with Gasteiger partial charge < -0.3 is 24.6 Å². The third-order valence-corrected chi connectivity index (χ3v) is 5.42. The lowest BCUT2D eigenvalue weighted by atomic mass is 10.3. The van der Waals surface area contributed by atoms with Gasteiger partial charge in [-0.3, -0.25) is 4.79 Å². The summed E-state index contributed by atoms with van der Waals surface area (Å²) in [4.78, 5) is 26.2. The lowest BCUT2D eigenvalue weighted by molar-refractivity contribution is -0.111. The molecule has 1 amide bonds. The number of benzene rings is 1. The Bertz CT molecular complexity index is 884. The minimum absolute atomic E-state index is 0.261. The topological polar surface area (TPSA) is 79.8 Å². The zero-order valence-electron chi connectivity index (χ0n) is 16.8. The van der Waals surface area contributed by atoms with E-state index < -0.39 is 0 Å². The molecule has 1 aliphatic rings. The van der Waals surface area contributed by atoms with E-state index >= 15 is 0 Å². The second kappa shape index (κ2) is 9.62. The maximum atomic E-state index is 11.5. The Kier molecular flexibility index (Phi) is 6.95. The van der Waals surface area contributed by atoms with Gasteiger partial charge in [-0.05, 0) is 31.3 Å². The standard InChI is InChI=1S/C20H25N5O3S/c1-5-16(26)21-14-7-6-8-15(13-14)29-20-19(28-4)22-17(18(23-20)27-3)25-11-9-24(2)10-12-25/h5-8,13H,1,9-12H2,2-4H3,(H,21,26). The van der Waals surface area contributed by atoms with Crippen LogP contribution in [0.2, 0.25) is 0 Å². The van der Waals surface area contributed by atoms with Crippen LogP contribution in [0.1, 0.15) is 0 Å². The van der Waals surface area contributed by atoms with Gasteiger partial charge in [0, 0.05) is 36.8 Å². The number of rotatable bonds is 7. The summed E-state index contributed by atoms with van der Waals surface area (Å²) in [5.74, 6) is 1.33. The van der Waals surface area contributed by atoms with Crippen LogP contribution in [-0.4, -0.2) is 68.2 Å². The summed E-state index contributed by atoms with van der Waals surface area (Å²) in [7, 11) is 5.27. The fraction of sp³-hybridized carbons (Fsp3) is 0.350. The van der Waals surface area contributed by atoms with Gasteiger partial charge >= 0.3 is 0 Å². The first-order valence-corrected chi connectivity index (χ1v) is 10.0. The highest BCUT2D eigenvalue weighted by Crippen LogP contribution is 2.38. The number of piperazine rings is 1. The molecule has 2 aromatic rings. The summed E-state index contributed by atoms with van der Waals surface area (Å²) in [5, 5.41) is 3.34. The van der Waals surface area contributed by atoms with Crippen molar-refractivity contribution in [3.05, 3.63) is 36.9 Å². The molecule has 0 unspecified atom stereocenters. The molecule has 9 heteroatoms. The van der Waals surface area contributed by atoms with Crippen molar-refractivity contribution in [1.82, 2.24) is 14.9 Å². The summed E-state index contributed by atoms with van der Waals surface area (Å²) in [6.07, 6.45) is 1.23. The second-order valence-corrected chi connectivity index (χ2v) is 7.55. The summed E-state index contributed by atoms with van der Waals surface area (Å²) in [5.41, 5.74) is 0.674. The number of aromatic nitrogens is 2. The Morgan fingerprint density at radius 2 is 1.90 bits per heavy atom. The lowest BCUT2D eigenvalue weighted by Crippen LogP contribution is -2.45. The number of carbonyl (C=O) groups excluding carboxylic acids is 1. The number of ether oxygens (including phenoxy) is 2. The number of anilines is 2. The van der Waals surface area contributed by atoms with E-state index in [1.54, 1.807) is 14.2 Å². The molecular formula is C20H25N5O3S. The van der Waals surface area contributed by atoms with Gasteiger partial charge in [0.1, 0.15) is 0 Å². The molecule has 8 nitrogen and oxygen atoms in total. The van der Waals surface area contributed by atoms with Crippen molar-refractivity contribution in [2.45, 2.75) is 9.92 Å². The van der Waals surface area contributed by atoms with Crippen LogP contribution in [0.25, 0.3) is 0 Å². The van der Waals surface area contributed by atoms with Gasteiger partial charge in [-0.2, -0.15) is 9.97 Å². The molecule has 154 valence electrons. The molecular weight excluding hydrogens is 390 g/mol. The van der Waals surface area contributed by atoms with Crippen LogP contribution >= 0.6 is 11.8 Å². The van der Waals surface area contributed by atoms with Gasteiger partial charge in [-0.25, -0.2) is 0 Å². The Hall–Kier alpha value is -2.78. The van der Waals surface area contributed by atoms with Gasteiger partial charge in [0.05, 0.1) is 14.2 Å². The highest BCUT2D eigenvalue weighted by molar-refractivity contribution is 7.99. The number of nitrogens with one attached hydrogen (secondary N) is 1. The summed E-state index contributed by atoms with van der Waals surface area (Å²) in [6, 6.07) is 7.45. The predicted molar refractivity (Wildman–Crippen MR) is 114 cm³/mol. The lowest BCUT2D eigenvalue weighted by Gasteiger charge is -2.33. The number of hydrogen-bond donors (Lipinski definition) is 1. The molecule has 2 heterocycles. The normalized spacial score (nSPS) is 14.4. The minimum atomic E-state index is -0.261. The summed E-state index contributed by atoms with van der Waals surface area (Å²) in [6.45, 7) is 7.07. The zero-order valence-corrected chi connectivity index (χ0v) is 17.7. The van der Waals surface area contributed by atoms with Gasteiger partial charge in [0.25, 0.3) is 5.88 Å². The molecule has 0 radical (unpaired) electrons.